The Morgan fingerprint density at radius 3 is 2.20 bits per heavy atom. The normalized spacial score (nSPS) is 11.3. The molecule has 4 nitrogen and oxygen atoms in total. The maximum absolute atomic E-state index is 12.1. The number of nitrogens with two attached hydrogens (primary N) is 1. The summed E-state index contributed by atoms with van der Waals surface area (Å²) in [5, 5.41) is 0.476. The molecule has 0 saturated carbocycles. The fourth-order valence-corrected chi connectivity index (χ4v) is 3.54. The molecule has 0 saturated heterocycles. The summed E-state index contributed by atoms with van der Waals surface area (Å²) in [7, 11) is -3.65. The third kappa shape index (κ3) is 3.56. The fourth-order valence-electron chi connectivity index (χ4n) is 1.66. The molecular formula is C13H12Cl2N2O2S. The van der Waals surface area contributed by atoms with Gasteiger partial charge in [0.1, 0.15) is 0 Å². The summed E-state index contributed by atoms with van der Waals surface area (Å²) in [6.07, 6.45) is 0. The number of nitrogens with one attached hydrogen (secondary N) is 1. The monoisotopic (exact) mass is 330 g/mol. The molecule has 0 spiro atoms. The quantitative estimate of drug-likeness (QED) is 0.842. The van der Waals surface area contributed by atoms with Crippen LogP contribution < -0.4 is 10.5 Å². The predicted octanol–water partition coefficient (Wildman–Crippen LogP) is 3.52. The lowest BCUT2D eigenvalue weighted by Gasteiger charge is -2.12. The van der Waals surface area contributed by atoms with Crippen LogP contribution in [-0.2, 0) is 15.8 Å². The molecule has 0 aromatic heterocycles. The molecule has 2 rings (SSSR count). The van der Waals surface area contributed by atoms with Crippen LogP contribution in [0.25, 0.3) is 0 Å². The summed E-state index contributed by atoms with van der Waals surface area (Å²) in [4.78, 5) is 0. The molecule has 0 radical (unpaired) electrons. The first kappa shape index (κ1) is 15.0. The molecule has 2 aromatic rings. The minimum absolute atomic E-state index is 0.172. The average Bonchev–Trinajstić information content (AvgIpc) is 2.37. The average molecular weight is 331 g/mol. The second-order valence-corrected chi connectivity index (χ2v) is 6.69. The molecule has 7 heteroatoms. The SMILES string of the molecule is Nc1ccccc1CS(=O)(=O)Nc1c(Cl)cccc1Cl. The van der Waals surface area contributed by atoms with Gasteiger partial charge in [0.15, 0.2) is 0 Å². The van der Waals surface area contributed by atoms with E-state index in [0.29, 0.717) is 11.3 Å². The molecule has 0 bridgehead atoms. The van der Waals surface area contributed by atoms with Gasteiger partial charge in [-0.25, -0.2) is 8.42 Å². The van der Waals surface area contributed by atoms with E-state index in [0.717, 1.165) is 0 Å². The van der Waals surface area contributed by atoms with Gasteiger partial charge in [-0.1, -0.05) is 47.5 Å². The predicted molar refractivity (Wildman–Crippen MR) is 83.6 cm³/mol. The number of anilines is 2. The van der Waals surface area contributed by atoms with Gasteiger partial charge >= 0.3 is 0 Å². The van der Waals surface area contributed by atoms with Crippen LogP contribution in [0.3, 0.4) is 0 Å². The van der Waals surface area contributed by atoms with E-state index in [1.165, 1.54) is 0 Å². The Balaban J connectivity index is 2.27. The summed E-state index contributed by atoms with van der Waals surface area (Å²) in [5.41, 5.74) is 6.84. The largest absolute Gasteiger partial charge is 0.398 e. The van der Waals surface area contributed by atoms with Crippen molar-refractivity contribution in [2.45, 2.75) is 5.75 Å². The molecule has 0 aliphatic heterocycles. The fraction of sp³-hybridized carbons (Fsp3) is 0.0769. The van der Waals surface area contributed by atoms with E-state index in [9.17, 15) is 8.42 Å². The Kier molecular flexibility index (Phi) is 4.42. The van der Waals surface area contributed by atoms with Gasteiger partial charge in [0.2, 0.25) is 10.0 Å². The molecule has 0 aliphatic carbocycles. The van der Waals surface area contributed by atoms with Crippen LogP contribution >= 0.6 is 23.2 Å². The number of para-hydroxylation sites is 2. The van der Waals surface area contributed by atoms with Gasteiger partial charge in [-0.3, -0.25) is 4.72 Å². The Morgan fingerprint density at radius 2 is 1.60 bits per heavy atom. The summed E-state index contributed by atoms with van der Waals surface area (Å²) < 4.78 is 26.7. The van der Waals surface area contributed by atoms with Gasteiger partial charge in [-0.15, -0.1) is 0 Å². The summed E-state index contributed by atoms with van der Waals surface area (Å²) >= 11 is 11.9. The number of halogens is 2. The highest BCUT2D eigenvalue weighted by Gasteiger charge is 2.16. The van der Waals surface area contributed by atoms with E-state index in [1.807, 2.05) is 0 Å². The second-order valence-electron chi connectivity index (χ2n) is 4.16. The Morgan fingerprint density at radius 1 is 1.00 bits per heavy atom. The molecule has 106 valence electrons. The van der Waals surface area contributed by atoms with Crippen LogP contribution in [0.4, 0.5) is 11.4 Å². The zero-order chi connectivity index (χ0) is 14.8. The molecule has 0 aliphatic rings. The van der Waals surface area contributed by atoms with Crippen LogP contribution in [0.1, 0.15) is 5.56 Å². The summed E-state index contributed by atoms with van der Waals surface area (Å²) in [6.45, 7) is 0. The van der Waals surface area contributed by atoms with Gasteiger partial charge < -0.3 is 5.73 Å². The summed E-state index contributed by atoms with van der Waals surface area (Å²) in [6, 6.07) is 11.5. The van der Waals surface area contributed by atoms with E-state index < -0.39 is 10.0 Å². The Bertz CT molecular complexity index is 713. The standard InChI is InChI=1S/C13H12Cl2N2O2S/c14-10-5-3-6-11(15)13(10)17-20(18,19)8-9-4-1-2-7-12(9)16/h1-7,17H,8,16H2. The highest BCUT2D eigenvalue weighted by atomic mass is 35.5. The lowest BCUT2D eigenvalue weighted by molar-refractivity contribution is 0.600. The van der Waals surface area contributed by atoms with Crippen molar-refractivity contribution < 1.29 is 8.42 Å². The molecule has 0 amide bonds. The number of hydrogen-bond donors (Lipinski definition) is 2. The van der Waals surface area contributed by atoms with Crippen molar-refractivity contribution in [1.29, 1.82) is 0 Å². The van der Waals surface area contributed by atoms with Crippen molar-refractivity contribution in [2.24, 2.45) is 0 Å². The Labute approximate surface area is 127 Å². The molecular weight excluding hydrogens is 319 g/mol. The van der Waals surface area contributed by atoms with Gasteiger partial charge in [0.05, 0.1) is 21.5 Å². The lowest BCUT2D eigenvalue weighted by atomic mass is 10.2. The van der Waals surface area contributed by atoms with Crippen LogP contribution in [0.15, 0.2) is 42.5 Å². The van der Waals surface area contributed by atoms with Crippen LogP contribution in [0.2, 0.25) is 10.0 Å². The summed E-state index contributed by atoms with van der Waals surface area (Å²) in [5.74, 6) is -0.249. The maximum atomic E-state index is 12.1. The van der Waals surface area contributed by atoms with Crippen molar-refractivity contribution in [3.8, 4) is 0 Å². The smallest absolute Gasteiger partial charge is 0.237 e. The van der Waals surface area contributed by atoms with E-state index in [-0.39, 0.29) is 21.5 Å². The first-order valence-electron chi connectivity index (χ1n) is 5.67. The van der Waals surface area contributed by atoms with Crippen molar-refractivity contribution >= 4 is 44.6 Å². The molecule has 0 unspecified atom stereocenters. The first-order chi connectivity index (χ1) is 9.39. The van der Waals surface area contributed by atoms with Crippen molar-refractivity contribution in [3.05, 3.63) is 58.1 Å². The van der Waals surface area contributed by atoms with Crippen LogP contribution in [0.5, 0.6) is 0 Å². The first-order valence-corrected chi connectivity index (χ1v) is 8.08. The van der Waals surface area contributed by atoms with E-state index in [2.05, 4.69) is 4.72 Å². The molecule has 20 heavy (non-hydrogen) atoms. The Hall–Kier alpha value is -1.43. The zero-order valence-electron chi connectivity index (χ0n) is 10.3. The minimum Gasteiger partial charge on any atom is -0.398 e. The highest BCUT2D eigenvalue weighted by molar-refractivity contribution is 7.92. The van der Waals surface area contributed by atoms with Crippen molar-refractivity contribution in [1.82, 2.24) is 0 Å². The maximum Gasteiger partial charge on any atom is 0.237 e. The number of benzene rings is 2. The third-order valence-electron chi connectivity index (χ3n) is 2.62. The van der Waals surface area contributed by atoms with E-state index >= 15 is 0 Å². The topological polar surface area (TPSA) is 72.2 Å². The number of nitrogen functional groups attached to an aromatic ring is 1. The zero-order valence-corrected chi connectivity index (χ0v) is 12.6. The lowest BCUT2D eigenvalue weighted by Crippen LogP contribution is -2.16. The van der Waals surface area contributed by atoms with Gasteiger partial charge in [-0.2, -0.15) is 0 Å². The number of rotatable bonds is 4. The second kappa shape index (κ2) is 5.91. The number of sulfonamides is 1. The van der Waals surface area contributed by atoms with Crippen molar-refractivity contribution in [3.63, 3.8) is 0 Å². The minimum atomic E-state index is -3.65. The van der Waals surface area contributed by atoms with Crippen molar-refractivity contribution in [2.75, 3.05) is 10.5 Å². The van der Waals surface area contributed by atoms with Crippen LogP contribution in [0, 0.1) is 0 Å². The van der Waals surface area contributed by atoms with Gasteiger partial charge in [0.25, 0.3) is 0 Å². The van der Waals surface area contributed by atoms with Crippen LogP contribution in [-0.4, -0.2) is 8.42 Å². The molecule has 0 atom stereocenters. The molecule has 0 heterocycles. The molecule has 2 aromatic carbocycles. The molecule has 3 N–H and O–H groups in total. The third-order valence-corrected chi connectivity index (χ3v) is 4.46. The highest BCUT2D eigenvalue weighted by Crippen LogP contribution is 2.31. The van der Waals surface area contributed by atoms with E-state index in [1.54, 1.807) is 42.5 Å². The molecule has 0 fully saturated rings. The van der Waals surface area contributed by atoms with E-state index in [4.69, 9.17) is 28.9 Å². The van der Waals surface area contributed by atoms with Gasteiger partial charge in [-0.05, 0) is 23.8 Å². The number of hydrogen-bond acceptors (Lipinski definition) is 3. The van der Waals surface area contributed by atoms with Gasteiger partial charge in [0, 0.05) is 5.69 Å².